The molecule has 3 atom stereocenters. The van der Waals surface area contributed by atoms with Gasteiger partial charge < -0.3 is 4.74 Å². The molecule has 1 aromatic rings. The summed E-state index contributed by atoms with van der Waals surface area (Å²) in [6, 6.07) is 3.63. The SMILES string of the molecule is COc1cc(C)c(S(=O)(=O)N[C@@H]2C[C@@H]3CC[C@@H]2C3)cc1C. The number of fused-ring (bicyclic) bond motifs is 2. The van der Waals surface area contributed by atoms with Gasteiger partial charge in [0.25, 0.3) is 0 Å². The lowest BCUT2D eigenvalue weighted by Gasteiger charge is -2.23. The molecule has 2 aliphatic rings. The van der Waals surface area contributed by atoms with Gasteiger partial charge in [-0.15, -0.1) is 0 Å². The molecule has 2 saturated carbocycles. The molecule has 2 aliphatic carbocycles. The first-order valence-corrected chi connectivity index (χ1v) is 9.06. The van der Waals surface area contributed by atoms with Crippen LogP contribution in [0.15, 0.2) is 17.0 Å². The summed E-state index contributed by atoms with van der Waals surface area (Å²) in [4.78, 5) is 0.378. The van der Waals surface area contributed by atoms with Gasteiger partial charge in [-0.25, -0.2) is 13.1 Å². The van der Waals surface area contributed by atoms with Crippen LogP contribution in [-0.2, 0) is 10.0 Å². The number of rotatable bonds is 4. The number of methoxy groups -OCH3 is 1. The molecule has 4 nitrogen and oxygen atoms in total. The van der Waals surface area contributed by atoms with Gasteiger partial charge in [-0.2, -0.15) is 0 Å². The molecule has 2 bridgehead atoms. The molecule has 3 rings (SSSR count). The fraction of sp³-hybridized carbons (Fsp3) is 0.625. The quantitative estimate of drug-likeness (QED) is 0.930. The average molecular weight is 309 g/mol. The van der Waals surface area contributed by atoms with Crippen LogP contribution >= 0.6 is 0 Å². The van der Waals surface area contributed by atoms with Crippen molar-refractivity contribution in [1.82, 2.24) is 4.72 Å². The van der Waals surface area contributed by atoms with Crippen LogP contribution in [0.3, 0.4) is 0 Å². The topological polar surface area (TPSA) is 55.4 Å². The first-order chi connectivity index (χ1) is 9.90. The Morgan fingerprint density at radius 3 is 2.48 bits per heavy atom. The molecule has 1 N–H and O–H groups in total. The van der Waals surface area contributed by atoms with E-state index in [1.807, 2.05) is 13.8 Å². The summed E-state index contributed by atoms with van der Waals surface area (Å²) >= 11 is 0. The van der Waals surface area contributed by atoms with E-state index in [1.54, 1.807) is 19.2 Å². The van der Waals surface area contributed by atoms with E-state index < -0.39 is 10.0 Å². The van der Waals surface area contributed by atoms with Gasteiger partial charge in [0.2, 0.25) is 10.0 Å². The smallest absolute Gasteiger partial charge is 0.241 e. The Morgan fingerprint density at radius 2 is 1.90 bits per heavy atom. The van der Waals surface area contributed by atoms with E-state index in [1.165, 1.54) is 19.3 Å². The molecule has 0 unspecified atom stereocenters. The number of nitrogens with one attached hydrogen (secondary N) is 1. The fourth-order valence-corrected chi connectivity index (χ4v) is 5.55. The fourth-order valence-electron chi connectivity index (χ4n) is 3.92. The molecule has 116 valence electrons. The summed E-state index contributed by atoms with van der Waals surface area (Å²) in [7, 11) is -1.85. The minimum absolute atomic E-state index is 0.121. The molecule has 0 heterocycles. The van der Waals surface area contributed by atoms with Crippen LogP contribution in [0.25, 0.3) is 0 Å². The Labute approximate surface area is 126 Å². The van der Waals surface area contributed by atoms with Crippen molar-refractivity contribution < 1.29 is 13.2 Å². The Balaban J connectivity index is 1.86. The Bertz CT molecular complexity index is 654. The number of ether oxygens (including phenoxy) is 1. The van der Waals surface area contributed by atoms with Crippen molar-refractivity contribution in [3.05, 3.63) is 23.3 Å². The van der Waals surface area contributed by atoms with E-state index in [4.69, 9.17) is 4.74 Å². The highest BCUT2D eigenvalue weighted by molar-refractivity contribution is 7.89. The lowest BCUT2D eigenvalue weighted by molar-refractivity contribution is 0.390. The monoisotopic (exact) mass is 309 g/mol. The van der Waals surface area contributed by atoms with Crippen LogP contribution in [0.5, 0.6) is 5.75 Å². The third-order valence-corrected chi connectivity index (χ3v) is 6.66. The maximum Gasteiger partial charge on any atom is 0.241 e. The first kappa shape index (κ1) is 14.9. The zero-order chi connectivity index (χ0) is 15.2. The highest BCUT2D eigenvalue weighted by Crippen LogP contribution is 2.45. The van der Waals surface area contributed by atoms with Crippen LogP contribution in [0, 0.1) is 25.7 Å². The summed E-state index contributed by atoms with van der Waals surface area (Å²) in [6.07, 6.45) is 4.62. The molecule has 2 fully saturated rings. The molecule has 0 radical (unpaired) electrons. The third-order valence-electron chi connectivity index (χ3n) is 5.03. The van der Waals surface area contributed by atoms with Gasteiger partial charge in [0.05, 0.1) is 12.0 Å². The van der Waals surface area contributed by atoms with Gasteiger partial charge >= 0.3 is 0 Å². The summed E-state index contributed by atoms with van der Waals surface area (Å²) in [5, 5.41) is 0. The summed E-state index contributed by atoms with van der Waals surface area (Å²) in [6.45, 7) is 3.69. The second-order valence-corrected chi connectivity index (χ2v) is 8.17. The predicted molar refractivity (Wildman–Crippen MR) is 82.0 cm³/mol. The predicted octanol–water partition coefficient (Wildman–Crippen LogP) is 2.78. The van der Waals surface area contributed by atoms with Crippen molar-refractivity contribution in [2.45, 2.75) is 50.5 Å². The maximum absolute atomic E-state index is 12.7. The summed E-state index contributed by atoms with van der Waals surface area (Å²) in [5.41, 5.74) is 1.57. The molecule has 0 spiro atoms. The second kappa shape index (κ2) is 5.29. The van der Waals surface area contributed by atoms with Crippen molar-refractivity contribution in [1.29, 1.82) is 0 Å². The van der Waals surface area contributed by atoms with E-state index in [0.29, 0.717) is 10.8 Å². The number of aryl methyl sites for hydroxylation is 2. The molecule has 21 heavy (non-hydrogen) atoms. The van der Waals surface area contributed by atoms with Crippen LogP contribution in [0.2, 0.25) is 0 Å². The van der Waals surface area contributed by atoms with E-state index in [-0.39, 0.29) is 6.04 Å². The molecule has 1 aromatic carbocycles. The van der Waals surface area contributed by atoms with E-state index in [9.17, 15) is 8.42 Å². The number of sulfonamides is 1. The molecule has 0 aliphatic heterocycles. The van der Waals surface area contributed by atoms with Crippen LogP contribution < -0.4 is 9.46 Å². The van der Waals surface area contributed by atoms with Crippen LogP contribution in [0.1, 0.15) is 36.8 Å². The second-order valence-electron chi connectivity index (χ2n) is 6.49. The third kappa shape index (κ3) is 2.69. The standard InChI is InChI=1S/C16H23NO3S/c1-10-7-16(11(2)6-15(10)20-3)21(18,19)17-14-9-12-4-5-13(14)8-12/h6-7,12-14,17H,4-5,8-9H2,1-3H3/t12-,13-,14-/m1/s1. The molecule has 5 heteroatoms. The van der Waals surface area contributed by atoms with E-state index in [0.717, 1.165) is 29.2 Å². The molecule has 0 amide bonds. The number of hydrogen-bond donors (Lipinski definition) is 1. The Kier molecular flexibility index (Phi) is 3.74. The first-order valence-electron chi connectivity index (χ1n) is 7.58. The lowest BCUT2D eigenvalue weighted by atomic mass is 9.96. The number of hydrogen-bond acceptors (Lipinski definition) is 3. The van der Waals surface area contributed by atoms with E-state index in [2.05, 4.69) is 4.72 Å². The van der Waals surface area contributed by atoms with Crippen molar-refractivity contribution in [2.24, 2.45) is 11.8 Å². The van der Waals surface area contributed by atoms with Gasteiger partial charge in [-0.1, -0.05) is 6.42 Å². The molecular formula is C16H23NO3S. The average Bonchev–Trinajstić information content (AvgIpc) is 3.02. The Hall–Kier alpha value is -1.07. The normalized spacial score (nSPS) is 28.0. The minimum atomic E-state index is -3.45. The maximum atomic E-state index is 12.7. The van der Waals surface area contributed by atoms with Gasteiger partial charge in [0.1, 0.15) is 5.75 Å². The van der Waals surface area contributed by atoms with E-state index >= 15 is 0 Å². The lowest BCUT2D eigenvalue weighted by Crippen LogP contribution is -2.38. The Morgan fingerprint density at radius 1 is 1.14 bits per heavy atom. The molecule has 0 saturated heterocycles. The largest absolute Gasteiger partial charge is 0.496 e. The summed E-state index contributed by atoms with van der Waals surface area (Å²) < 4.78 is 33.6. The van der Waals surface area contributed by atoms with Gasteiger partial charge in [-0.3, -0.25) is 0 Å². The van der Waals surface area contributed by atoms with Gasteiger partial charge in [-0.05, 0) is 68.2 Å². The van der Waals surface area contributed by atoms with Crippen LogP contribution in [-0.4, -0.2) is 21.6 Å². The van der Waals surface area contributed by atoms with Gasteiger partial charge in [0.15, 0.2) is 0 Å². The minimum Gasteiger partial charge on any atom is -0.496 e. The van der Waals surface area contributed by atoms with Crippen molar-refractivity contribution in [2.75, 3.05) is 7.11 Å². The highest BCUT2D eigenvalue weighted by Gasteiger charge is 2.41. The van der Waals surface area contributed by atoms with Crippen molar-refractivity contribution >= 4 is 10.0 Å². The van der Waals surface area contributed by atoms with Crippen molar-refractivity contribution in [3.63, 3.8) is 0 Å². The summed E-state index contributed by atoms with van der Waals surface area (Å²) in [5.74, 6) is 1.98. The highest BCUT2D eigenvalue weighted by atomic mass is 32.2. The van der Waals surface area contributed by atoms with Crippen LogP contribution in [0.4, 0.5) is 0 Å². The zero-order valence-electron chi connectivity index (χ0n) is 12.8. The molecule has 0 aromatic heterocycles. The zero-order valence-corrected chi connectivity index (χ0v) is 13.7. The number of benzene rings is 1. The van der Waals surface area contributed by atoms with Crippen molar-refractivity contribution in [3.8, 4) is 5.75 Å². The van der Waals surface area contributed by atoms with Gasteiger partial charge in [0, 0.05) is 6.04 Å². The molecular weight excluding hydrogens is 286 g/mol.